The first-order valence-electron chi connectivity index (χ1n) is 23.2. The van der Waals surface area contributed by atoms with Crippen LogP contribution in [0, 0.1) is 9.39 Å². The number of benzene rings is 5. The zero-order valence-corrected chi connectivity index (χ0v) is 41.5. The minimum absolute atomic E-state index is 0.0322. The Kier molecular flexibility index (Phi) is 14.7. The van der Waals surface area contributed by atoms with Crippen LogP contribution in [0.1, 0.15) is 46.4 Å². The van der Waals surface area contributed by atoms with E-state index in [1.54, 1.807) is 52.7 Å². The van der Waals surface area contributed by atoms with Crippen molar-refractivity contribution in [1.29, 1.82) is 0 Å². The number of piperidine rings is 2. The van der Waals surface area contributed by atoms with Gasteiger partial charge in [0.05, 0.1) is 61.8 Å². The molecule has 5 heterocycles. The van der Waals surface area contributed by atoms with E-state index in [9.17, 15) is 14.0 Å². The molecular formula is C55H53FIN7O6. The van der Waals surface area contributed by atoms with Gasteiger partial charge < -0.3 is 39.4 Å². The lowest BCUT2D eigenvalue weighted by Gasteiger charge is -2.34. The van der Waals surface area contributed by atoms with E-state index < -0.39 is 5.82 Å². The molecule has 0 radical (unpaired) electrons. The van der Waals surface area contributed by atoms with Gasteiger partial charge in [0.25, 0.3) is 11.8 Å². The summed E-state index contributed by atoms with van der Waals surface area (Å²) in [7, 11) is 6.31. The van der Waals surface area contributed by atoms with Crippen LogP contribution in [0.3, 0.4) is 0 Å². The third-order valence-electron chi connectivity index (χ3n) is 13.0. The maximum absolute atomic E-state index is 14.0. The van der Waals surface area contributed by atoms with E-state index in [2.05, 4.69) is 48.6 Å². The van der Waals surface area contributed by atoms with Crippen LogP contribution in [0.2, 0.25) is 0 Å². The van der Waals surface area contributed by atoms with Crippen molar-refractivity contribution in [3.63, 3.8) is 0 Å². The SMILES string of the molecule is COc1ccc2nc(-c3ccc(OC)c(OC)c3OC)cc(C(=O)NC3CCN(c4ccnc5ccccc45)CC3)c2c1.O=C(NC1CCN(c2ccnc3ccccc23)CC1)c1c(F)cccc1I. The van der Waals surface area contributed by atoms with Gasteiger partial charge in [-0.1, -0.05) is 42.5 Å². The third kappa shape index (κ3) is 10.1. The summed E-state index contributed by atoms with van der Waals surface area (Å²) in [5, 5.41) is 9.30. The van der Waals surface area contributed by atoms with E-state index >= 15 is 0 Å². The molecular weight excluding hydrogens is 1000 g/mol. The summed E-state index contributed by atoms with van der Waals surface area (Å²) in [6, 6.07) is 36.2. The molecule has 5 aromatic carbocycles. The molecule has 2 amide bonds. The number of carbonyl (C=O) groups excluding carboxylic acids is 2. The van der Waals surface area contributed by atoms with Gasteiger partial charge in [0.15, 0.2) is 11.5 Å². The first-order chi connectivity index (χ1) is 34.2. The number of amides is 2. The van der Waals surface area contributed by atoms with Crippen molar-refractivity contribution >= 4 is 78.5 Å². The number of nitrogens with zero attached hydrogens (tertiary/aromatic N) is 5. The molecule has 0 bridgehead atoms. The second kappa shape index (κ2) is 21.6. The largest absolute Gasteiger partial charge is 0.497 e. The molecule has 10 rings (SSSR count). The predicted molar refractivity (Wildman–Crippen MR) is 281 cm³/mol. The summed E-state index contributed by atoms with van der Waals surface area (Å²) >= 11 is 2.00. The van der Waals surface area contributed by atoms with Gasteiger partial charge >= 0.3 is 0 Å². The molecule has 8 aromatic rings. The number of rotatable bonds is 11. The molecule has 70 heavy (non-hydrogen) atoms. The smallest absolute Gasteiger partial charge is 0.255 e. The van der Waals surface area contributed by atoms with Gasteiger partial charge in [0.2, 0.25) is 5.75 Å². The predicted octanol–water partition coefficient (Wildman–Crippen LogP) is 10.3. The van der Waals surface area contributed by atoms with Crippen LogP contribution < -0.4 is 39.4 Å². The molecule has 0 unspecified atom stereocenters. The topological polar surface area (TPSA) is 140 Å². The van der Waals surface area contributed by atoms with Crippen LogP contribution in [0.4, 0.5) is 15.8 Å². The number of pyridine rings is 3. The van der Waals surface area contributed by atoms with Gasteiger partial charge in [-0.2, -0.15) is 0 Å². The van der Waals surface area contributed by atoms with Crippen LogP contribution in [0.5, 0.6) is 23.0 Å². The zero-order valence-electron chi connectivity index (χ0n) is 39.4. The highest BCUT2D eigenvalue weighted by molar-refractivity contribution is 14.1. The first kappa shape index (κ1) is 47.8. The Morgan fingerprint density at radius 3 is 1.74 bits per heavy atom. The lowest BCUT2D eigenvalue weighted by atomic mass is 10.00. The van der Waals surface area contributed by atoms with E-state index in [1.807, 2.05) is 102 Å². The van der Waals surface area contributed by atoms with Crippen molar-refractivity contribution in [1.82, 2.24) is 25.6 Å². The average Bonchev–Trinajstić information content (AvgIpc) is 3.40. The lowest BCUT2D eigenvalue weighted by molar-refractivity contribution is 0.0920. The van der Waals surface area contributed by atoms with E-state index in [1.165, 1.54) is 17.4 Å². The van der Waals surface area contributed by atoms with Crippen molar-refractivity contribution < 1.29 is 32.9 Å². The number of fused-ring (bicyclic) bond motifs is 3. The lowest BCUT2D eigenvalue weighted by Crippen LogP contribution is -2.45. The number of aromatic nitrogens is 3. The molecule has 2 N–H and O–H groups in total. The first-order valence-corrected chi connectivity index (χ1v) is 24.3. The number of hydrogen-bond acceptors (Lipinski definition) is 11. The number of para-hydroxylation sites is 2. The monoisotopic (exact) mass is 1050 g/mol. The number of nitrogens with one attached hydrogen (secondary N) is 2. The Bertz CT molecular complexity index is 3170. The quantitative estimate of drug-likeness (QED) is 0.120. The molecule has 3 aromatic heterocycles. The zero-order chi connectivity index (χ0) is 48.7. The van der Waals surface area contributed by atoms with Crippen LogP contribution in [-0.4, -0.2) is 93.5 Å². The number of carbonyl (C=O) groups is 2. The number of hydrogen-bond donors (Lipinski definition) is 2. The molecule has 2 aliphatic rings. The van der Waals surface area contributed by atoms with Gasteiger partial charge in [0.1, 0.15) is 11.6 Å². The molecule has 2 aliphatic heterocycles. The van der Waals surface area contributed by atoms with Crippen molar-refractivity contribution in [2.45, 2.75) is 37.8 Å². The van der Waals surface area contributed by atoms with Crippen LogP contribution >= 0.6 is 22.6 Å². The summed E-state index contributed by atoms with van der Waals surface area (Å²) < 4.78 is 36.9. The molecule has 15 heteroatoms. The molecule has 0 saturated carbocycles. The summed E-state index contributed by atoms with van der Waals surface area (Å²) in [4.78, 5) is 45.0. The van der Waals surface area contributed by atoms with Crippen LogP contribution in [0.25, 0.3) is 44.0 Å². The maximum atomic E-state index is 14.0. The second-order valence-corrected chi connectivity index (χ2v) is 18.2. The minimum Gasteiger partial charge on any atom is -0.497 e. The Morgan fingerprint density at radius 1 is 0.600 bits per heavy atom. The fourth-order valence-corrected chi connectivity index (χ4v) is 10.1. The summed E-state index contributed by atoms with van der Waals surface area (Å²) in [5.41, 5.74) is 6.91. The van der Waals surface area contributed by atoms with Gasteiger partial charge in [-0.3, -0.25) is 19.6 Å². The maximum Gasteiger partial charge on any atom is 0.255 e. The van der Waals surface area contributed by atoms with Crippen LogP contribution in [0.15, 0.2) is 128 Å². The summed E-state index contributed by atoms with van der Waals surface area (Å²) in [5.74, 6) is 1.17. The van der Waals surface area contributed by atoms with Gasteiger partial charge in [0, 0.05) is 87.3 Å². The average molecular weight is 1050 g/mol. The van der Waals surface area contributed by atoms with Gasteiger partial charge in [-0.25, -0.2) is 9.37 Å². The van der Waals surface area contributed by atoms with Crippen molar-refractivity contribution in [3.05, 3.63) is 148 Å². The third-order valence-corrected chi connectivity index (χ3v) is 13.9. The van der Waals surface area contributed by atoms with E-state index in [4.69, 9.17) is 23.9 Å². The van der Waals surface area contributed by atoms with Crippen molar-refractivity contribution in [2.75, 3.05) is 64.4 Å². The Morgan fingerprint density at radius 2 is 1.19 bits per heavy atom. The van der Waals surface area contributed by atoms with Crippen LogP contribution in [-0.2, 0) is 0 Å². The molecule has 2 saturated heterocycles. The highest BCUT2D eigenvalue weighted by Gasteiger charge is 2.27. The van der Waals surface area contributed by atoms with Gasteiger partial charge in [-0.15, -0.1) is 0 Å². The van der Waals surface area contributed by atoms with E-state index in [0.29, 0.717) is 54.3 Å². The Balaban J connectivity index is 0.000000193. The molecule has 358 valence electrons. The molecule has 0 atom stereocenters. The number of methoxy groups -OCH3 is 4. The van der Waals surface area contributed by atoms with E-state index in [-0.39, 0.29) is 29.5 Å². The fraction of sp³-hybridized carbons (Fsp3) is 0.255. The molecule has 13 nitrogen and oxygen atoms in total. The molecule has 0 spiro atoms. The second-order valence-electron chi connectivity index (χ2n) is 17.1. The molecule has 2 fully saturated rings. The normalized spacial score (nSPS) is 14.2. The van der Waals surface area contributed by atoms with Crippen molar-refractivity contribution in [3.8, 4) is 34.3 Å². The van der Waals surface area contributed by atoms with Crippen molar-refractivity contribution in [2.24, 2.45) is 0 Å². The summed E-state index contributed by atoms with van der Waals surface area (Å²) in [6.45, 7) is 3.34. The number of halogens is 2. The standard InChI is InChI=1S/C34H34N4O5.C21H19FIN3O/c1-40-22-9-11-28-25(19-22)26(20-29(37-28)24-10-12-31(41-2)33(43-4)32(24)42-3)34(39)36-21-14-17-38(18-15-21)30-13-16-35-27-8-6-5-7-23(27)30;22-16-5-3-6-17(23)20(16)21(27)25-14-9-12-26(13-10-14)19-8-11-24-18-7-2-1-4-15(18)19/h5-13,16,19-21H,14-15,17-18H2,1-4H3,(H,36,39);1-8,11,14H,9-10,12-13H2,(H,25,27). The minimum atomic E-state index is -0.472. The summed E-state index contributed by atoms with van der Waals surface area (Å²) in [6.07, 6.45) is 7.00. The molecule has 0 aliphatic carbocycles. The number of ether oxygens (including phenoxy) is 4. The highest BCUT2D eigenvalue weighted by Crippen LogP contribution is 2.44. The Labute approximate surface area is 419 Å². The Hall–Kier alpha value is -7.27. The van der Waals surface area contributed by atoms with Gasteiger partial charge in [-0.05, 0) is 121 Å². The fourth-order valence-electron chi connectivity index (χ4n) is 9.44. The highest BCUT2D eigenvalue weighted by atomic mass is 127. The van der Waals surface area contributed by atoms with E-state index in [0.717, 1.165) is 73.7 Å². The number of anilines is 2.